The Morgan fingerprint density at radius 2 is 2.06 bits per heavy atom. The van der Waals surface area contributed by atoms with E-state index >= 15 is 0 Å². The van der Waals surface area contributed by atoms with E-state index in [-0.39, 0.29) is 18.3 Å². The van der Waals surface area contributed by atoms with Gasteiger partial charge in [0, 0.05) is 10.6 Å². The minimum atomic E-state index is -0.365. The highest BCUT2D eigenvalue weighted by Crippen LogP contribution is 2.25. The van der Waals surface area contributed by atoms with Crippen molar-refractivity contribution in [1.82, 2.24) is 10.3 Å². The van der Waals surface area contributed by atoms with Crippen molar-refractivity contribution in [3.63, 3.8) is 0 Å². The van der Waals surface area contributed by atoms with Crippen molar-refractivity contribution >= 4 is 23.3 Å². The van der Waals surface area contributed by atoms with Crippen LogP contribution in [0.3, 0.4) is 0 Å². The second-order valence-electron chi connectivity index (χ2n) is 3.22. The molecule has 0 aliphatic rings. The lowest BCUT2D eigenvalue weighted by Gasteiger charge is -2.00. The first-order chi connectivity index (χ1) is 8.20. The molecule has 0 atom stereocenters. The van der Waals surface area contributed by atoms with Crippen LogP contribution in [0.25, 0.3) is 11.3 Å². The van der Waals surface area contributed by atoms with Crippen molar-refractivity contribution in [2.75, 3.05) is 11.9 Å². The van der Waals surface area contributed by atoms with Crippen molar-refractivity contribution < 1.29 is 9.42 Å². The standard InChI is InChI=1S/C10H9ClN4O2/c11-7-3-1-6(2-4-7)9-10(15-17-14-9)13-8(16)5-12/h1-4H,5,12H2,(H,13,15,16). The van der Waals surface area contributed by atoms with Crippen molar-refractivity contribution in [1.29, 1.82) is 0 Å². The second-order valence-corrected chi connectivity index (χ2v) is 3.66. The molecule has 0 saturated carbocycles. The molecular weight excluding hydrogens is 244 g/mol. The lowest BCUT2D eigenvalue weighted by molar-refractivity contribution is -0.114. The SMILES string of the molecule is NCC(=O)Nc1nonc1-c1ccc(Cl)cc1. The summed E-state index contributed by atoms with van der Waals surface area (Å²) in [5.41, 5.74) is 6.36. The Labute approximate surface area is 102 Å². The predicted molar refractivity (Wildman–Crippen MR) is 62.4 cm³/mol. The number of hydrogen-bond acceptors (Lipinski definition) is 5. The Hall–Kier alpha value is -1.92. The van der Waals surface area contributed by atoms with E-state index in [1.807, 2.05) is 0 Å². The first kappa shape index (κ1) is 11.6. The zero-order valence-corrected chi connectivity index (χ0v) is 9.44. The molecule has 3 N–H and O–H groups in total. The van der Waals surface area contributed by atoms with Crippen molar-refractivity contribution in [3.8, 4) is 11.3 Å². The minimum absolute atomic E-state index is 0.132. The summed E-state index contributed by atoms with van der Waals surface area (Å²) in [5, 5.41) is 10.4. The molecule has 0 unspecified atom stereocenters. The molecule has 2 rings (SSSR count). The van der Waals surface area contributed by atoms with Crippen molar-refractivity contribution in [2.45, 2.75) is 0 Å². The monoisotopic (exact) mass is 252 g/mol. The van der Waals surface area contributed by atoms with E-state index < -0.39 is 0 Å². The third kappa shape index (κ3) is 2.61. The molecule has 7 heteroatoms. The normalized spacial score (nSPS) is 10.2. The van der Waals surface area contributed by atoms with Crippen molar-refractivity contribution in [3.05, 3.63) is 29.3 Å². The van der Waals surface area contributed by atoms with Crippen LogP contribution in [0.4, 0.5) is 5.82 Å². The van der Waals surface area contributed by atoms with E-state index in [0.717, 1.165) is 5.56 Å². The highest BCUT2D eigenvalue weighted by molar-refractivity contribution is 6.30. The first-order valence-electron chi connectivity index (χ1n) is 4.79. The molecule has 6 nitrogen and oxygen atoms in total. The number of nitrogens with two attached hydrogens (primary N) is 1. The highest BCUT2D eigenvalue weighted by Gasteiger charge is 2.14. The van der Waals surface area contributed by atoms with Gasteiger partial charge in [-0.3, -0.25) is 4.79 Å². The Balaban J connectivity index is 2.30. The van der Waals surface area contributed by atoms with Gasteiger partial charge in [0.25, 0.3) is 0 Å². The number of nitrogens with zero attached hydrogens (tertiary/aromatic N) is 2. The van der Waals surface area contributed by atoms with Gasteiger partial charge < -0.3 is 11.1 Å². The van der Waals surface area contributed by atoms with Gasteiger partial charge in [0.2, 0.25) is 11.7 Å². The molecule has 1 amide bonds. The zero-order chi connectivity index (χ0) is 12.3. The summed E-state index contributed by atoms with van der Waals surface area (Å²) in [5.74, 6) is -0.126. The highest BCUT2D eigenvalue weighted by atomic mass is 35.5. The molecule has 0 aliphatic carbocycles. The number of rotatable bonds is 3. The van der Waals surface area contributed by atoms with Gasteiger partial charge in [-0.15, -0.1) is 0 Å². The van der Waals surface area contributed by atoms with E-state index in [1.165, 1.54) is 0 Å². The fourth-order valence-corrected chi connectivity index (χ4v) is 1.38. The average Bonchev–Trinajstić information content (AvgIpc) is 2.78. The van der Waals surface area contributed by atoms with Crippen LogP contribution in [0.1, 0.15) is 0 Å². The van der Waals surface area contributed by atoms with Gasteiger partial charge in [-0.2, -0.15) is 0 Å². The zero-order valence-electron chi connectivity index (χ0n) is 8.68. The van der Waals surface area contributed by atoms with Gasteiger partial charge in [-0.05, 0) is 22.4 Å². The van der Waals surface area contributed by atoms with Crippen LogP contribution in [0.15, 0.2) is 28.9 Å². The maximum atomic E-state index is 11.2. The Morgan fingerprint density at radius 3 is 2.71 bits per heavy atom. The second kappa shape index (κ2) is 4.94. The van der Waals surface area contributed by atoms with E-state index in [1.54, 1.807) is 24.3 Å². The van der Waals surface area contributed by atoms with Crippen LogP contribution in [-0.2, 0) is 4.79 Å². The van der Waals surface area contributed by atoms with Gasteiger partial charge >= 0.3 is 0 Å². The van der Waals surface area contributed by atoms with Gasteiger partial charge in [-0.25, -0.2) is 4.63 Å². The summed E-state index contributed by atoms with van der Waals surface area (Å²) in [6, 6.07) is 6.92. The topological polar surface area (TPSA) is 94.0 Å². The molecule has 0 spiro atoms. The largest absolute Gasteiger partial charge is 0.322 e. The lowest BCUT2D eigenvalue weighted by Crippen LogP contribution is -2.22. The van der Waals surface area contributed by atoms with Crippen LogP contribution >= 0.6 is 11.6 Å². The first-order valence-corrected chi connectivity index (χ1v) is 5.17. The molecule has 0 radical (unpaired) electrons. The smallest absolute Gasteiger partial charge is 0.239 e. The number of halogens is 1. The number of amides is 1. The third-order valence-corrected chi connectivity index (χ3v) is 2.30. The molecule has 88 valence electrons. The molecule has 1 aromatic heterocycles. The molecule has 0 saturated heterocycles. The minimum Gasteiger partial charge on any atom is -0.322 e. The molecule has 0 aliphatic heterocycles. The maximum Gasteiger partial charge on any atom is 0.239 e. The summed E-state index contributed by atoms with van der Waals surface area (Å²) >= 11 is 5.77. The number of carbonyl (C=O) groups excluding carboxylic acids is 1. The van der Waals surface area contributed by atoms with Crippen LogP contribution in [0.2, 0.25) is 5.02 Å². The fourth-order valence-electron chi connectivity index (χ4n) is 1.25. The summed E-state index contributed by atoms with van der Waals surface area (Å²) < 4.78 is 4.59. The summed E-state index contributed by atoms with van der Waals surface area (Å²) in [6.45, 7) is -0.132. The Bertz CT molecular complexity index is 523. The number of anilines is 1. The van der Waals surface area contributed by atoms with Gasteiger partial charge in [0.15, 0.2) is 5.69 Å². The Morgan fingerprint density at radius 1 is 1.35 bits per heavy atom. The summed E-state index contributed by atoms with van der Waals surface area (Å²) in [4.78, 5) is 11.2. The molecule has 1 heterocycles. The third-order valence-electron chi connectivity index (χ3n) is 2.05. The quantitative estimate of drug-likeness (QED) is 0.858. The number of benzene rings is 1. The van der Waals surface area contributed by atoms with Crippen LogP contribution in [0, 0.1) is 0 Å². The molecular formula is C10H9ClN4O2. The fraction of sp³-hybridized carbons (Fsp3) is 0.100. The van der Waals surface area contributed by atoms with Crippen LogP contribution < -0.4 is 11.1 Å². The van der Waals surface area contributed by atoms with Crippen LogP contribution in [-0.4, -0.2) is 22.8 Å². The molecule has 0 bridgehead atoms. The van der Waals surface area contributed by atoms with Gasteiger partial charge in [0.1, 0.15) is 0 Å². The molecule has 1 aromatic carbocycles. The Kier molecular flexibility index (Phi) is 3.36. The summed E-state index contributed by atoms with van der Waals surface area (Å²) in [7, 11) is 0. The number of carbonyl (C=O) groups is 1. The number of hydrogen-bond donors (Lipinski definition) is 2. The maximum absolute atomic E-state index is 11.2. The van der Waals surface area contributed by atoms with Gasteiger partial charge in [0.05, 0.1) is 6.54 Å². The molecule has 0 fully saturated rings. The van der Waals surface area contributed by atoms with Gasteiger partial charge in [-0.1, -0.05) is 23.7 Å². The number of aromatic nitrogens is 2. The average molecular weight is 253 g/mol. The predicted octanol–water partition coefficient (Wildman–Crippen LogP) is 1.29. The van der Waals surface area contributed by atoms with Crippen LogP contribution in [0.5, 0.6) is 0 Å². The van der Waals surface area contributed by atoms with E-state index in [9.17, 15) is 4.79 Å². The van der Waals surface area contributed by atoms with Crippen molar-refractivity contribution in [2.24, 2.45) is 5.73 Å². The summed E-state index contributed by atoms with van der Waals surface area (Å²) in [6.07, 6.45) is 0. The van der Waals surface area contributed by atoms with E-state index in [4.69, 9.17) is 17.3 Å². The number of nitrogens with one attached hydrogen (secondary N) is 1. The molecule has 17 heavy (non-hydrogen) atoms. The lowest BCUT2D eigenvalue weighted by atomic mass is 10.1. The van der Waals surface area contributed by atoms with E-state index in [0.29, 0.717) is 10.7 Å². The molecule has 2 aromatic rings. The van der Waals surface area contributed by atoms with E-state index in [2.05, 4.69) is 20.3 Å².